The van der Waals surface area contributed by atoms with Gasteiger partial charge in [-0.15, -0.1) is 5.10 Å². The summed E-state index contributed by atoms with van der Waals surface area (Å²) in [6, 6.07) is 7.84. The first-order chi connectivity index (χ1) is 14.0. The minimum absolute atomic E-state index is 0.123. The molecule has 0 unspecified atom stereocenters. The first kappa shape index (κ1) is 20.0. The first-order valence-electron chi connectivity index (χ1n) is 9.51. The number of piperazine rings is 1. The maximum Gasteiger partial charge on any atom is 0.253 e. The van der Waals surface area contributed by atoms with Crippen molar-refractivity contribution in [1.82, 2.24) is 24.5 Å². The van der Waals surface area contributed by atoms with Crippen LogP contribution in [0.2, 0.25) is 5.02 Å². The van der Waals surface area contributed by atoms with Gasteiger partial charge in [-0.05, 0) is 44.4 Å². The van der Waals surface area contributed by atoms with Gasteiger partial charge in [0.2, 0.25) is 11.1 Å². The number of hydrogen-bond acceptors (Lipinski definition) is 6. The Morgan fingerprint density at radius 3 is 2.45 bits per heavy atom. The lowest BCUT2D eigenvalue weighted by Gasteiger charge is -2.36. The van der Waals surface area contributed by atoms with E-state index in [0.717, 1.165) is 40.8 Å². The van der Waals surface area contributed by atoms with Crippen molar-refractivity contribution < 1.29 is 4.79 Å². The number of hydrogen-bond donors (Lipinski definition) is 0. The van der Waals surface area contributed by atoms with E-state index in [1.54, 1.807) is 4.52 Å². The Morgan fingerprint density at radius 2 is 1.79 bits per heavy atom. The van der Waals surface area contributed by atoms with Gasteiger partial charge in [0.1, 0.15) is 0 Å². The highest BCUT2D eigenvalue weighted by atomic mass is 35.5. The molecule has 1 aliphatic heterocycles. The van der Waals surface area contributed by atoms with Crippen LogP contribution in [0.3, 0.4) is 0 Å². The Kier molecular flexibility index (Phi) is 5.65. The van der Waals surface area contributed by atoms with Crippen LogP contribution in [0.5, 0.6) is 0 Å². The lowest BCUT2D eigenvalue weighted by Crippen LogP contribution is -2.49. The smallest absolute Gasteiger partial charge is 0.253 e. The Bertz CT molecular complexity index is 1040. The maximum absolute atomic E-state index is 13.0. The van der Waals surface area contributed by atoms with Crippen molar-refractivity contribution in [1.29, 1.82) is 0 Å². The molecule has 4 rings (SSSR count). The summed E-state index contributed by atoms with van der Waals surface area (Å²) in [5.74, 6) is 0.704. The fourth-order valence-electron chi connectivity index (χ4n) is 3.66. The van der Waals surface area contributed by atoms with Gasteiger partial charge in [-0.3, -0.25) is 4.79 Å². The number of rotatable bonds is 4. The summed E-state index contributed by atoms with van der Waals surface area (Å²) in [7, 11) is 0. The molecule has 0 saturated carbocycles. The normalized spacial score (nSPS) is 14.6. The van der Waals surface area contributed by atoms with Crippen molar-refractivity contribution in [2.45, 2.75) is 25.4 Å². The van der Waals surface area contributed by atoms with E-state index in [1.807, 2.05) is 49.3 Å². The molecule has 2 aromatic heterocycles. The van der Waals surface area contributed by atoms with Crippen LogP contribution in [-0.4, -0.2) is 62.8 Å². The molecule has 1 fully saturated rings. The highest BCUT2D eigenvalue weighted by Crippen LogP contribution is 2.21. The first-order valence-corrected chi connectivity index (χ1v) is 11.1. The average Bonchev–Trinajstić information content (AvgIpc) is 3.15. The highest BCUT2D eigenvalue weighted by Gasteiger charge is 2.23. The molecule has 29 heavy (non-hydrogen) atoms. The van der Waals surface area contributed by atoms with Crippen molar-refractivity contribution >= 4 is 40.7 Å². The van der Waals surface area contributed by atoms with Crippen molar-refractivity contribution in [3.63, 3.8) is 0 Å². The molecule has 0 spiro atoms. The fraction of sp³-hybridized carbons (Fsp3) is 0.400. The predicted octanol–water partition coefficient (Wildman–Crippen LogP) is 3.01. The minimum Gasteiger partial charge on any atom is -0.368 e. The highest BCUT2D eigenvalue weighted by molar-refractivity contribution is 7.98. The number of nitrogens with zero attached hydrogens (tertiary/aromatic N) is 6. The SMILES string of the molecule is CSc1nc2nc(C)c(CC(=O)N3CCN(c4ccc(Cl)cc4)CC3)c(C)n2n1. The van der Waals surface area contributed by atoms with Gasteiger partial charge in [0.25, 0.3) is 5.78 Å². The van der Waals surface area contributed by atoms with Crippen LogP contribution < -0.4 is 4.90 Å². The van der Waals surface area contributed by atoms with Gasteiger partial charge in [-0.1, -0.05) is 23.4 Å². The molecule has 7 nitrogen and oxygen atoms in total. The second-order valence-electron chi connectivity index (χ2n) is 7.09. The second-order valence-corrected chi connectivity index (χ2v) is 8.30. The molecule has 1 saturated heterocycles. The molecule has 0 aliphatic carbocycles. The Balaban J connectivity index is 1.45. The molecule has 9 heteroatoms. The van der Waals surface area contributed by atoms with Gasteiger partial charge in [0, 0.05) is 53.8 Å². The lowest BCUT2D eigenvalue weighted by atomic mass is 10.1. The van der Waals surface area contributed by atoms with Gasteiger partial charge in [-0.2, -0.15) is 4.98 Å². The van der Waals surface area contributed by atoms with Crippen LogP contribution in [0.15, 0.2) is 29.4 Å². The molecule has 1 aliphatic rings. The molecule has 152 valence electrons. The fourth-order valence-corrected chi connectivity index (χ4v) is 4.12. The number of fused-ring (bicyclic) bond motifs is 1. The monoisotopic (exact) mass is 430 g/mol. The van der Waals surface area contributed by atoms with Crippen LogP contribution in [-0.2, 0) is 11.2 Å². The van der Waals surface area contributed by atoms with E-state index >= 15 is 0 Å². The Labute approximate surface area is 179 Å². The van der Waals surface area contributed by atoms with Crippen LogP contribution in [0.4, 0.5) is 5.69 Å². The number of thioether (sulfide) groups is 1. The van der Waals surface area contributed by atoms with E-state index in [0.29, 0.717) is 30.4 Å². The van der Waals surface area contributed by atoms with Crippen LogP contribution in [0.1, 0.15) is 17.0 Å². The van der Waals surface area contributed by atoms with Crippen LogP contribution in [0, 0.1) is 13.8 Å². The van der Waals surface area contributed by atoms with Crippen molar-refractivity contribution in [3.8, 4) is 0 Å². The minimum atomic E-state index is 0.123. The van der Waals surface area contributed by atoms with Gasteiger partial charge in [-0.25, -0.2) is 9.50 Å². The van der Waals surface area contributed by atoms with Crippen molar-refractivity contribution in [3.05, 3.63) is 46.2 Å². The molecule has 0 radical (unpaired) electrons. The van der Waals surface area contributed by atoms with Crippen molar-refractivity contribution in [2.75, 3.05) is 37.3 Å². The van der Waals surface area contributed by atoms with Gasteiger partial charge >= 0.3 is 0 Å². The molecule has 0 N–H and O–H groups in total. The quantitative estimate of drug-likeness (QED) is 0.593. The van der Waals surface area contributed by atoms with Gasteiger partial charge < -0.3 is 9.80 Å². The topological polar surface area (TPSA) is 66.6 Å². The van der Waals surface area contributed by atoms with E-state index in [9.17, 15) is 4.79 Å². The number of carbonyl (C=O) groups is 1. The molecular weight excluding hydrogens is 408 g/mol. The predicted molar refractivity (Wildman–Crippen MR) is 116 cm³/mol. The molecule has 3 heterocycles. The third-order valence-corrected chi connectivity index (χ3v) is 6.15. The lowest BCUT2D eigenvalue weighted by molar-refractivity contribution is -0.130. The number of carbonyl (C=O) groups excluding carboxylic acids is 1. The zero-order valence-corrected chi connectivity index (χ0v) is 18.3. The summed E-state index contributed by atoms with van der Waals surface area (Å²) in [4.78, 5) is 26.1. The van der Waals surface area contributed by atoms with E-state index < -0.39 is 0 Å². The summed E-state index contributed by atoms with van der Waals surface area (Å²) < 4.78 is 1.74. The van der Waals surface area contributed by atoms with E-state index in [-0.39, 0.29) is 5.91 Å². The third kappa shape index (κ3) is 4.04. The standard InChI is InChI=1S/C20H23ClN6OS/c1-13-17(14(2)27-19(22-13)23-20(24-27)29-3)12-18(28)26-10-8-25(9-11-26)16-6-4-15(21)5-7-16/h4-7H,8-12H2,1-3H3. The van der Waals surface area contributed by atoms with Crippen LogP contribution >= 0.6 is 23.4 Å². The second kappa shape index (κ2) is 8.20. The number of aryl methyl sites for hydroxylation is 2. The summed E-state index contributed by atoms with van der Waals surface area (Å²) >= 11 is 7.46. The molecular formula is C20H23ClN6OS. The molecule has 3 aromatic rings. The zero-order valence-electron chi connectivity index (χ0n) is 16.7. The number of anilines is 1. The van der Waals surface area contributed by atoms with Gasteiger partial charge in [0.15, 0.2) is 0 Å². The van der Waals surface area contributed by atoms with Crippen LogP contribution in [0.25, 0.3) is 5.78 Å². The number of aromatic nitrogens is 4. The van der Waals surface area contributed by atoms with E-state index in [1.165, 1.54) is 11.8 Å². The average molecular weight is 431 g/mol. The number of benzene rings is 1. The molecule has 1 aromatic carbocycles. The Hall–Kier alpha value is -2.32. The third-order valence-electron chi connectivity index (χ3n) is 5.36. The Morgan fingerprint density at radius 1 is 1.10 bits per heavy atom. The molecule has 0 atom stereocenters. The largest absolute Gasteiger partial charge is 0.368 e. The summed E-state index contributed by atoms with van der Waals surface area (Å²) in [5, 5.41) is 5.88. The summed E-state index contributed by atoms with van der Waals surface area (Å²) in [6.45, 7) is 6.93. The molecule has 1 amide bonds. The van der Waals surface area contributed by atoms with Gasteiger partial charge in [0.05, 0.1) is 6.42 Å². The summed E-state index contributed by atoms with van der Waals surface area (Å²) in [5.41, 5.74) is 3.83. The van der Waals surface area contributed by atoms with Crippen molar-refractivity contribution in [2.24, 2.45) is 0 Å². The summed E-state index contributed by atoms with van der Waals surface area (Å²) in [6.07, 6.45) is 2.26. The maximum atomic E-state index is 13.0. The zero-order chi connectivity index (χ0) is 20.5. The van der Waals surface area contributed by atoms with E-state index in [4.69, 9.17) is 11.6 Å². The van der Waals surface area contributed by atoms with E-state index in [2.05, 4.69) is 20.0 Å². The number of amides is 1. The molecule has 0 bridgehead atoms. The number of halogens is 1.